The van der Waals surface area contributed by atoms with Gasteiger partial charge >= 0.3 is 0 Å². The number of hydrogen-bond donors (Lipinski definition) is 1. The van der Waals surface area contributed by atoms with Gasteiger partial charge in [0.05, 0.1) is 12.4 Å². The van der Waals surface area contributed by atoms with Gasteiger partial charge in [0, 0.05) is 25.2 Å². The van der Waals surface area contributed by atoms with E-state index in [0.717, 1.165) is 23.6 Å². The minimum Gasteiger partial charge on any atom is -0.368 e. The molecule has 1 N–H and O–H groups in total. The van der Waals surface area contributed by atoms with E-state index >= 15 is 0 Å². The summed E-state index contributed by atoms with van der Waals surface area (Å²) in [6.07, 6.45) is 3.94. The van der Waals surface area contributed by atoms with E-state index in [0.29, 0.717) is 18.1 Å². The van der Waals surface area contributed by atoms with Crippen LogP contribution in [0.25, 0.3) is 0 Å². The first kappa shape index (κ1) is 18.9. The largest absolute Gasteiger partial charge is 0.368 e. The monoisotopic (exact) mass is 380 g/mol. The molecule has 0 saturated heterocycles. The molecule has 5 nitrogen and oxygen atoms in total. The maximum atomic E-state index is 12.5. The van der Waals surface area contributed by atoms with Crippen LogP contribution >= 0.6 is 11.6 Å². The van der Waals surface area contributed by atoms with Crippen molar-refractivity contribution in [3.8, 4) is 0 Å². The Morgan fingerprint density at radius 1 is 1.00 bits per heavy atom. The van der Waals surface area contributed by atoms with Crippen molar-refractivity contribution in [2.24, 2.45) is 0 Å². The second kappa shape index (κ2) is 9.14. The molecule has 0 fully saturated rings. The van der Waals surface area contributed by atoms with Crippen LogP contribution in [-0.4, -0.2) is 34.4 Å². The van der Waals surface area contributed by atoms with E-state index in [9.17, 15) is 4.79 Å². The Bertz CT molecular complexity index is 867. The Labute approximate surface area is 164 Å². The molecule has 0 saturated carbocycles. The number of hydrogen-bond acceptors (Lipinski definition) is 4. The number of benzene rings is 2. The highest BCUT2D eigenvalue weighted by Crippen LogP contribution is 2.11. The summed E-state index contributed by atoms with van der Waals surface area (Å²) in [6, 6.07) is 17.6. The molecule has 0 unspecified atom stereocenters. The highest BCUT2D eigenvalue weighted by molar-refractivity contribution is 6.30. The van der Waals surface area contributed by atoms with Crippen molar-refractivity contribution in [2.75, 3.05) is 18.9 Å². The van der Waals surface area contributed by atoms with Crippen LogP contribution in [0.4, 0.5) is 5.82 Å². The van der Waals surface area contributed by atoms with E-state index in [1.165, 1.54) is 11.8 Å². The first-order valence-electron chi connectivity index (χ1n) is 8.71. The topological polar surface area (TPSA) is 58.1 Å². The van der Waals surface area contributed by atoms with Crippen molar-refractivity contribution in [2.45, 2.75) is 13.0 Å². The molecule has 138 valence electrons. The molecule has 6 heteroatoms. The third kappa shape index (κ3) is 5.53. The summed E-state index contributed by atoms with van der Waals surface area (Å²) >= 11 is 5.88. The predicted octanol–water partition coefficient (Wildman–Crippen LogP) is 4.06. The fourth-order valence-corrected chi connectivity index (χ4v) is 2.77. The number of carbonyl (C=O) groups is 1. The minimum atomic E-state index is -0.154. The lowest BCUT2D eigenvalue weighted by atomic mass is 10.1. The summed E-state index contributed by atoms with van der Waals surface area (Å²) in [7, 11) is 1.76. The molecule has 1 amide bonds. The fraction of sp³-hybridized carbons (Fsp3) is 0.190. The normalized spacial score (nSPS) is 10.4. The molecular formula is C21H21ClN4O. The molecule has 0 aliphatic rings. The number of anilines is 1. The number of carbonyl (C=O) groups excluding carboxylic acids is 1. The van der Waals surface area contributed by atoms with Crippen molar-refractivity contribution < 1.29 is 4.79 Å². The van der Waals surface area contributed by atoms with Crippen LogP contribution in [0, 0.1) is 0 Å². The third-order valence-corrected chi connectivity index (χ3v) is 4.37. The van der Waals surface area contributed by atoms with Gasteiger partial charge in [0.25, 0.3) is 5.91 Å². The van der Waals surface area contributed by atoms with Crippen LogP contribution in [-0.2, 0) is 13.0 Å². The SMILES string of the molecule is CN(Cc1ccccc1)C(=O)c1cnc(NCCc2ccc(Cl)cc2)cn1. The van der Waals surface area contributed by atoms with E-state index in [4.69, 9.17) is 11.6 Å². The lowest BCUT2D eigenvalue weighted by Crippen LogP contribution is -2.27. The van der Waals surface area contributed by atoms with Gasteiger partial charge < -0.3 is 10.2 Å². The van der Waals surface area contributed by atoms with Crippen molar-refractivity contribution in [1.29, 1.82) is 0 Å². The minimum absolute atomic E-state index is 0.154. The molecule has 0 aliphatic carbocycles. The molecule has 0 bridgehead atoms. The highest BCUT2D eigenvalue weighted by atomic mass is 35.5. The van der Waals surface area contributed by atoms with Crippen LogP contribution in [0.3, 0.4) is 0 Å². The van der Waals surface area contributed by atoms with Gasteiger partial charge in [0.15, 0.2) is 0 Å². The smallest absolute Gasteiger partial charge is 0.274 e. The number of aromatic nitrogens is 2. The lowest BCUT2D eigenvalue weighted by Gasteiger charge is -2.16. The summed E-state index contributed by atoms with van der Waals surface area (Å²) < 4.78 is 0. The lowest BCUT2D eigenvalue weighted by molar-refractivity contribution is 0.0779. The predicted molar refractivity (Wildman–Crippen MR) is 108 cm³/mol. The standard InChI is InChI=1S/C21H21ClN4O/c1-26(15-17-5-3-2-4-6-17)21(27)19-13-25-20(14-24-19)23-12-11-16-7-9-18(22)10-8-16/h2-10,13-14H,11-12,15H2,1H3,(H,23,25). The van der Waals surface area contributed by atoms with E-state index in [2.05, 4.69) is 15.3 Å². The second-order valence-corrected chi connectivity index (χ2v) is 6.67. The summed E-state index contributed by atoms with van der Waals surface area (Å²) in [4.78, 5) is 22.6. The number of amides is 1. The molecule has 0 spiro atoms. The highest BCUT2D eigenvalue weighted by Gasteiger charge is 2.14. The Morgan fingerprint density at radius 3 is 2.41 bits per heavy atom. The zero-order chi connectivity index (χ0) is 19.1. The van der Waals surface area contributed by atoms with Gasteiger partial charge in [-0.05, 0) is 29.7 Å². The Morgan fingerprint density at radius 2 is 1.74 bits per heavy atom. The van der Waals surface area contributed by atoms with E-state index in [-0.39, 0.29) is 5.91 Å². The van der Waals surface area contributed by atoms with Gasteiger partial charge in [-0.2, -0.15) is 0 Å². The van der Waals surface area contributed by atoms with E-state index in [1.807, 2.05) is 54.6 Å². The molecule has 3 rings (SSSR count). The van der Waals surface area contributed by atoms with Gasteiger partial charge in [-0.1, -0.05) is 54.1 Å². The molecule has 0 radical (unpaired) electrons. The average Bonchev–Trinajstić information content (AvgIpc) is 2.70. The first-order chi connectivity index (χ1) is 13.1. The number of halogens is 1. The third-order valence-electron chi connectivity index (χ3n) is 4.11. The summed E-state index contributed by atoms with van der Waals surface area (Å²) in [5, 5.41) is 3.94. The van der Waals surface area contributed by atoms with Gasteiger partial charge in [-0.3, -0.25) is 4.79 Å². The van der Waals surface area contributed by atoms with Crippen LogP contribution in [0.1, 0.15) is 21.6 Å². The maximum Gasteiger partial charge on any atom is 0.274 e. The van der Waals surface area contributed by atoms with Crippen LogP contribution in [0.5, 0.6) is 0 Å². The molecule has 27 heavy (non-hydrogen) atoms. The van der Waals surface area contributed by atoms with Crippen molar-refractivity contribution in [3.63, 3.8) is 0 Å². The zero-order valence-electron chi connectivity index (χ0n) is 15.1. The molecule has 3 aromatic rings. The maximum absolute atomic E-state index is 12.5. The van der Waals surface area contributed by atoms with Gasteiger partial charge in [-0.25, -0.2) is 9.97 Å². The Hall–Kier alpha value is -2.92. The average molecular weight is 381 g/mol. The Kier molecular flexibility index (Phi) is 6.39. The Balaban J connectivity index is 1.51. The summed E-state index contributed by atoms with van der Waals surface area (Å²) in [6.45, 7) is 1.25. The first-order valence-corrected chi connectivity index (χ1v) is 9.09. The quantitative estimate of drug-likeness (QED) is 0.671. The van der Waals surface area contributed by atoms with Crippen molar-refractivity contribution in [1.82, 2.24) is 14.9 Å². The van der Waals surface area contributed by atoms with Crippen molar-refractivity contribution in [3.05, 3.63) is 88.8 Å². The van der Waals surface area contributed by atoms with Gasteiger partial charge in [0.2, 0.25) is 0 Å². The molecule has 0 aliphatic heterocycles. The van der Waals surface area contributed by atoms with Crippen molar-refractivity contribution >= 4 is 23.3 Å². The fourth-order valence-electron chi connectivity index (χ4n) is 2.64. The van der Waals surface area contributed by atoms with Crippen LogP contribution in [0.2, 0.25) is 5.02 Å². The summed E-state index contributed by atoms with van der Waals surface area (Å²) in [5.74, 6) is 0.491. The van der Waals surface area contributed by atoms with Gasteiger partial charge in [-0.15, -0.1) is 0 Å². The molecule has 0 atom stereocenters. The molecule has 1 aromatic heterocycles. The molecular weight excluding hydrogens is 360 g/mol. The summed E-state index contributed by atoms with van der Waals surface area (Å²) in [5.41, 5.74) is 2.59. The van der Waals surface area contributed by atoms with Crippen LogP contribution in [0.15, 0.2) is 67.0 Å². The van der Waals surface area contributed by atoms with E-state index < -0.39 is 0 Å². The second-order valence-electron chi connectivity index (χ2n) is 6.24. The van der Waals surface area contributed by atoms with E-state index in [1.54, 1.807) is 18.1 Å². The van der Waals surface area contributed by atoms with Crippen LogP contribution < -0.4 is 5.32 Å². The number of rotatable bonds is 7. The number of nitrogens with one attached hydrogen (secondary N) is 1. The zero-order valence-corrected chi connectivity index (χ0v) is 15.9. The van der Waals surface area contributed by atoms with Gasteiger partial charge in [0.1, 0.15) is 11.5 Å². The molecule has 2 aromatic carbocycles. The number of nitrogens with zero attached hydrogens (tertiary/aromatic N) is 3. The molecule has 1 heterocycles.